The Morgan fingerprint density at radius 3 is 2.25 bits per heavy atom. The number of ketones is 1. The molecule has 182 valence electrons. The molecule has 2 atom stereocenters. The summed E-state index contributed by atoms with van der Waals surface area (Å²) < 4.78 is 16.8. The highest BCUT2D eigenvalue weighted by atomic mass is 16.6. The molecule has 3 aromatic rings. The maximum Gasteiger partial charge on any atom is 0.342 e. The summed E-state index contributed by atoms with van der Waals surface area (Å²) in [7, 11) is 0. The summed E-state index contributed by atoms with van der Waals surface area (Å²) in [5.41, 5.74) is -0.942. The lowest BCUT2D eigenvalue weighted by molar-refractivity contribution is -0.173. The van der Waals surface area contributed by atoms with Crippen molar-refractivity contribution in [1.82, 2.24) is 0 Å². The second-order valence-corrected chi connectivity index (χ2v) is 9.75. The van der Waals surface area contributed by atoms with E-state index in [0.717, 1.165) is 0 Å². The number of benzene rings is 3. The lowest BCUT2D eigenvalue weighted by Gasteiger charge is -2.47. The largest absolute Gasteiger partial charge is 0.507 e. The van der Waals surface area contributed by atoms with E-state index in [4.69, 9.17) is 14.2 Å². The Kier molecular flexibility index (Phi) is 3.55. The Balaban J connectivity index is 1.72. The highest BCUT2D eigenvalue weighted by molar-refractivity contribution is 6.15. The molecule has 1 spiro atoms. The molecule has 0 amide bonds. The minimum atomic E-state index is -2.29. The molecule has 0 saturated carbocycles. The van der Waals surface area contributed by atoms with E-state index < -0.39 is 53.5 Å². The summed E-state index contributed by atoms with van der Waals surface area (Å²) in [4.78, 5) is 38.7. The first-order valence-corrected chi connectivity index (χ1v) is 11.2. The average molecular weight is 490 g/mol. The third-order valence-electron chi connectivity index (χ3n) is 7.93. The van der Waals surface area contributed by atoms with Gasteiger partial charge in [0.2, 0.25) is 5.79 Å². The Labute approximate surface area is 202 Å². The van der Waals surface area contributed by atoms with Crippen molar-refractivity contribution in [1.29, 1.82) is 0 Å². The van der Waals surface area contributed by atoms with Crippen molar-refractivity contribution in [2.24, 2.45) is 0 Å². The number of hydrogen-bond acceptors (Lipinski definition) is 10. The van der Waals surface area contributed by atoms with Crippen LogP contribution in [0.2, 0.25) is 0 Å². The van der Waals surface area contributed by atoms with Gasteiger partial charge in [0, 0.05) is 27.5 Å². The standard InChI is InChI=1S/C26H18O10/c1-8-3-12(28)18-19-14(8)13(29)5-26(33)25(19,7-35-24(18)32)20-21(30)10-6-34-23(31)17-11(27)4-9(2)15(16(10)17)22(20)36-26/h3-4,27-28,30,33H,5-7H2,1-2H3/t25-,26-/m1/s1. The van der Waals surface area contributed by atoms with Gasteiger partial charge in [0.05, 0.1) is 12.0 Å². The lowest BCUT2D eigenvalue weighted by Crippen LogP contribution is -2.61. The molecule has 3 heterocycles. The van der Waals surface area contributed by atoms with Gasteiger partial charge in [0.1, 0.15) is 52.8 Å². The van der Waals surface area contributed by atoms with E-state index in [0.29, 0.717) is 16.5 Å². The maximum absolute atomic E-state index is 13.3. The molecular formula is C26H18O10. The molecule has 4 N–H and O–H groups in total. The first-order valence-electron chi connectivity index (χ1n) is 11.2. The van der Waals surface area contributed by atoms with Crippen LogP contribution < -0.4 is 4.74 Å². The molecule has 0 radical (unpaired) electrons. The van der Waals surface area contributed by atoms with E-state index in [2.05, 4.69) is 0 Å². The van der Waals surface area contributed by atoms with Gasteiger partial charge in [0.25, 0.3) is 0 Å². The number of aromatic hydroxyl groups is 3. The fourth-order valence-corrected chi connectivity index (χ4v) is 6.51. The van der Waals surface area contributed by atoms with Gasteiger partial charge < -0.3 is 34.6 Å². The van der Waals surface area contributed by atoms with Crippen LogP contribution >= 0.6 is 0 Å². The molecular weight excluding hydrogens is 472 g/mol. The summed E-state index contributed by atoms with van der Waals surface area (Å²) in [6, 6.07) is 2.63. The Morgan fingerprint density at radius 1 is 0.833 bits per heavy atom. The number of aryl methyl sites for hydroxylation is 2. The highest BCUT2D eigenvalue weighted by Gasteiger charge is 2.70. The molecule has 10 heteroatoms. The molecule has 0 bridgehead atoms. The number of fused-ring (bicyclic) bond motifs is 2. The minimum absolute atomic E-state index is 0.00672. The number of phenols is 3. The van der Waals surface area contributed by atoms with Crippen LogP contribution in [0.15, 0.2) is 12.1 Å². The average Bonchev–Trinajstić information content (AvgIpc) is 3.04. The van der Waals surface area contributed by atoms with Crippen LogP contribution in [0.25, 0.3) is 10.8 Å². The predicted molar refractivity (Wildman–Crippen MR) is 120 cm³/mol. The number of phenolic OH excluding ortho intramolecular Hbond substituents is 3. The number of carbonyl (C=O) groups excluding carboxylic acids is 3. The number of Topliss-reactive ketones (excluding diaryl/α,β-unsaturated/α-hetero) is 1. The molecule has 0 aromatic heterocycles. The summed E-state index contributed by atoms with van der Waals surface area (Å²) in [6.07, 6.45) is -0.521. The molecule has 36 heavy (non-hydrogen) atoms. The number of hydrogen-bond donors (Lipinski definition) is 4. The lowest BCUT2D eigenvalue weighted by atomic mass is 9.59. The smallest absolute Gasteiger partial charge is 0.342 e. The maximum atomic E-state index is 13.3. The number of ether oxygens (including phenoxy) is 3. The number of rotatable bonds is 0. The van der Waals surface area contributed by atoms with Crippen LogP contribution in [0.5, 0.6) is 23.0 Å². The molecule has 0 saturated heterocycles. The normalized spacial score (nSPS) is 25.0. The third kappa shape index (κ3) is 2.03. The second kappa shape index (κ2) is 6.08. The number of cyclic esters (lactones) is 2. The van der Waals surface area contributed by atoms with Crippen LogP contribution in [-0.2, 0) is 21.5 Å². The zero-order valence-electron chi connectivity index (χ0n) is 19.0. The first-order chi connectivity index (χ1) is 17.0. The van der Waals surface area contributed by atoms with Gasteiger partial charge in [-0.15, -0.1) is 0 Å². The Morgan fingerprint density at radius 2 is 1.50 bits per heavy atom. The summed E-state index contributed by atoms with van der Waals surface area (Å²) in [6.45, 7) is 2.46. The van der Waals surface area contributed by atoms with Gasteiger partial charge in [-0.3, -0.25) is 4.79 Å². The zero-order chi connectivity index (χ0) is 25.5. The summed E-state index contributed by atoms with van der Waals surface area (Å²) in [5.74, 6) is -5.63. The van der Waals surface area contributed by atoms with Gasteiger partial charge >= 0.3 is 11.9 Å². The summed E-state index contributed by atoms with van der Waals surface area (Å²) >= 11 is 0. The van der Waals surface area contributed by atoms with Crippen molar-refractivity contribution in [3.8, 4) is 23.0 Å². The van der Waals surface area contributed by atoms with Crippen LogP contribution in [0, 0.1) is 13.8 Å². The van der Waals surface area contributed by atoms with Crippen LogP contribution in [0.4, 0.5) is 0 Å². The van der Waals surface area contributed by atoms with E-state index >= 15 is 0 Å². The van der Waals surface area contributed by atoms with E-state index in [1.807, 2.05) is 0 Å². The number of aliphatic hydroxyl groups is 1. The third-order valence-corrected chi connectivity index (χ3v) is 7.93. The quantitative estimate of drug-likeness (QED) is 0.345. The van der Waals surface area contributed by atoms with Crippen molar-refractivity contribution in [2.45, 2.75) is 38.1 Å². The molecule has 10 nitrogen and oxygen atoms in total. The van der Waals surface area contributed by atoms with Crippen molar-refractivity contribution < 1.29 is 49.0 Å². The van der Waals surface area contributed by atoms with E-state index in [1.165, 1.54) is 12.1 Å². The van der Waals surface area contributed by atoms with Crippen LogP contribution in [0.1, 0.15) is 65.3 Å². The minimum Gasteiger partial charge on any atom is -0.507 e. The zero-order valence-corrected chi connectivity index (χ0v) is 19.0. The Bertz CT molecular complexity index is 1650. The monoisotopic (exact) mass is 490 g/mol. The molecule has 0 fully saturated rings. The van der Waals surface area contributed by atoms with Gasteiger partial charge in [-0.05, 0) is 37.1 Å². The second-order valence-electron chi connectivity index (χ2n) is 9.75. The molecule has 1 aliphatic carbocycles. The van der Waals surface area contributed by atoms with Gasteiger partial charge in [0.15, 0.2) is 5.78 Å². The number of esters is 2. The van der Waals surface area contributed by atoms with Crippen molar-refractivity contribution in [2.75, 3.05) is 6.61 Å². The van der Waals surface area contributed by atoms with Crippen molar-refractivity contribution in [3.63, 3.8) is 0 Å². The SMILES string of the molecule is Cc1cc(O)c2c3c1C(=O)C[C@@]1(O)Oc4c(c(O)c5c6c(c(O)cc(C)c46)C(=O)OC5)[C@@]31COC2=O. The molecule has 7 rings (SSSR count). The molecule has 3 aliphatic heterocycles. The fourth-order valence-electron chi connectivity index (χ4n) is 6.51. The topological polar surface area (TPSA) is 160 Å². The van der Waals surface area contributed by atoms with Gasteiger partial charge in [-0.25, -0.2) is 9.59 Å². The predicted octanol–water partition coefficient (Wildman–Crippen LogP) is 2.37. The van der Waals surface area contributed by atoms with Crippen molar-refractivity contribution in [3.05, 3.63) is 56.6 Å². The van der Waals surface area contributed by atoms with E-state index in [1.54, 1.807) is 13.8 Å². The van der Waals surface area contributed by atoms with E-state index in [9.17, 15) is 34.8 Å². The highest BCUT2D eigenvalue weighted by Crippen LogP contribution is 2.65. The fraction of sp³-hybridized carbons (Fsp3) is 0.269. The van der Waals surface area contributed by atoms with Gasteiger partial charge in [-0.2, -0.15) is 0 Å². The molecule has 3 aromatic carbocycles. The molecule has 4 aliphatic rings. The van der Waals surface area contributed by atoms with Crippen LogP contribution in [0.3, 0.4) is 0 Å². The van der Waals surface area contributed by atoms with Gasteiger partial charge in [-0.1, -0.05) is 0 Å². The number of carbonyl (C=O) groups is 3. The first kappa shape index (κ1) is 21.0. The molecule has 0 unspecified atom stereocenters. The summed E-state index contributed by atoms with van der Waals surface area (Å²) in [5, 5.41) is 45.4. The van der Waals surface area contributed by atoms with E-state index in [-0.39, 0.29) is 56.9 Å². The van der Waals surface area contributed by atoms with Crippen molar-refractivity contribution >= 4 is 28.5 Å². The Hall–Kier alpha value is -4.31. The van der Waals surface area contributed by atoms with Crippen LogP contribution in [-0.4, -0.2) is 50.5 Å².